The normalized spacial score (nSPS) is 15.3. The summed E-state index contributed by atoms with van der Waals surface area (Å²) < 4.78 is 1.60. The molecule has 0 aromatic heterocycles. The molecule has 0 saturated heterocycles. The molecule has 3 aromatic rings. The third-order valence-electron chi connectivity index (χ3n) is 5.21. The molecule has 0 spiro atoms. The van der Waals surface area contributed by atoms with Gasteiger partial charge in [0.05, 0.1) is 20.9 Å². The molecule has 3 aromatic carbocycles. The zero-order chi connectivity index (χ0) is 19.6. The van der Waals surface area contributed by atoms with E-state index in [2.05, 4.69) is 27.7 Å². The van der Waals surface area contributed by atoms with Crippen molar-refractivity contribution in [1.82, 2.24) is 5.01 Å². The number of aromatic hydroxyl groups is 1. The first-order valence-corrected chi connectivity index (χ1v) is 10.8. The molecule has 1 aliphatic carbocycles. The fourth-order valence-electron chi connectivity index (χ4n) is 3.91. The molecule has 1 aliphatic heterocycles. The minimum absolute atomic E-state index is 0.0735. The van der Waals surface area contributed by atoms with Crippen molar-refractivity contribution < 1.29 is 14.7 Å². The number of halogens is 2. The summed E-state index contributed by atoms with van der Waals surface area (Å²) >= 11 is 4.17. The third kappa shape index (κ3) is 2.59. The molecular formula is C21H12I2N2O3. The van der Waals surface area contributed by atoms with Crippen molar-refractivity contribution in [3.8, 4) is 5.75 Å². The number of carbonyl (C=O) groups excluding carboxylic acids is 2. The molecule has 0 atom stereocenters. The molecule has 28 heavy (non-hydrogen) atoms. The first-order chi connectivity index (χ1) is 13.5. The lowest BCUT2D eigenvalue weighted by Gasteiger charge is -2.23. The lowest BCUT2D eigenvalue weighted by molar-refractivity contribution is 0.0616. The topological polar surface area (TPSA) is 70.0 Å². The average molecular weight is 594 g/mol. The van der Waals surface area contributed by atoms with Gasteiger partial charge in [-0.2, -0.15) is 10.1 Å². The van der Waals surface area contributed by atoms with Gasteiger partial charge in [0.25, 0.3) is 11.8 Å². The fraction of sp³-hybridized carbons (Fsp3) is 0.0952. The quantitative estimate of drug-likeness (QED) is 0.271. The summed E-state index contributed by atoms with van der Waals surface area (Å²) in [6, 6.07) is 11.1. The molecule has 1 heterocycles. The Morgan fingerprint density at radius 3 is 2.14 bits per heavy atom. The van der Waals surface area contributed by atoms with Gasteiger partial charge in [-0.15, -0.1) is 0 Å². The molecule has 138 valence electrons. The summed E-state index contributed by atoms with van der Waals surface area (Å²) in [5, 5.41) is 17.1. The highest BCUT2D eigenvalue weighted by atomic mass is 127. The second-order valence-corrected chi connectivity index (χ2v) is 9.19. The summed E-state index contributed by atoms with van der Waals surface area (Å²) in [5.41, 5.74) is 3.82. The molecule has 2 amide bonds. The van der Waals surface area contributed by atoms with Gasteiger partial charge in [-0.25, -0.2) is 0 Å². The second-order valence-electron chi connectivity index (χ2n) is 6.79. The van der Waals surface area contributed by atoms with E-state index in [4.69, 9.17) is 0 Å². The van der Waals surface area contributed by atoms with Crippen LogP contribution in [0.2, 0.25) is 0 Å². The van der Waals surface area contributed by atoms with Gasteiger partial charge in [0.1, 0.15) is 5.75 Å². The van der Waals surface area contributed by atoms with E-state index >= 15 is 0 Å². The first-order valence-electron chi connectivity index (χ1n) is 8.64. The van der Waals surface area contributed by atoms with E-state index in [1.807, 2.05) is 40.8 Å². The Kier molecular flexibility index (Phi) is 4.20. The van der Waals surface area contributed by atoms with Crippen LogP contribution < -0.4 is 0 Å². The number of carbonyl (C=O) groups is 2. The average Bonchev–Trinajstić information content (AvgIpc) is 3.10. The molecular weight excluding hydrogens is 582 g/mol. The van der Waals surface area contributed by atoms with Gasteiger partial charge < -0.3 is 5.11 Å². The summed E-state index contributed by atoms with van der Waals surface area (Å²) in [6.07, 6.45) is 3.23. The Morgan fingerprint density at radius 2 is 1.54 bits per heavy atom. The van der Waals surface area contributed by atoms with Gasteiger partial charge in [0.2, 0.25) is 0 Å². The molecule has 5 rings (SSSR count). The van der Waals surface area contributed by atoms with E-state index in [0.717, 1.165) is 32.2 Å². The van der Waals surface area contributed by atoms with E-state index < -0.39 is 11.8 Å². The van der Waals surface area contributed by atoms with Gasteiger partial charge in [0, 0.05) is 14.5 Å². The summed E-state index contributed by atoms with van der Waals surface area (Å²) in [5.74, 6) is -0.808. The fourth-order valence-corrected chi connectivity index (χ4v) is 5.80. The summed E-state index contributed by atoms with van der Waals surface area (Å²) in [7, 11) is 0. The predicted molar refractivity (Wildman–Crippen MR) is 123 cm³/mol. The standard InChI is InChI=1S/C21H12I2N2O3/c22-13-7-12(19(26)16(23)8-13)9-24-25-20(27)14-5-3-10-1-2-11-4-6-15(21(25)28)18(14)17(10)11/h3-9,26H,1-2H2/b24-9-. The predicted octanol–water partition coefficient (Wildman–Crippen LogP) is 4.48. The Balaban J connectivity index is 1.62. The first kappa shape index (κ1) is 18.0. The van der Waals surface area contributed by atoms with E-state index in [9.17, 15) is 14.7 Å². The van der Waals surface area contributed by atoms with Gasteiger partial charge >= 0.3 is 0 Å². The summed E-state index contributed by atoms with van der Waals surface area (Å²) in [4.78, 5) is 26.0. The number of benzene rings is 3. The summed E-state index contributed by atoms with van der Waals surface area (Å²) in [6.45, 7) is 0. The number of hydrogen-bond acceptors (Lipinski definition) is 4. The van der Waals surface area contributed by atoms with Crippen molar-refractivity contribution in [3.05, 3.63) is 71.4 Å². The Bertz CT molecular complexity index is 1190. The molecule has 1 N–H and O–H groups in total. The van der Waals surface area contributed by atoms with Crippen LogP contribution in [0, 0.1) is 7.14 Å². The molecule has 2 aliphatic rings. The minimum atomic E-state index is -0.441. The van der Waals surface area contributed by atoms with Crippen molar-refractivity contribution in [2.45, 2.75) is 12.8 Å². The Hall–Kier alpha value is -2.01. The Labute approximate surface area is 187 Å². The molecule has 0 bridgehead atoms. The van der Waals surface area contributed by atoms with Gasteiger partial charge in [-0.3, -0.25) is 9.59 Å². The van der Waals surface area contributed by atoms with Crippen LogP contribution in [0.4, 0.5) is 0 Å². The maximum Gasteiger partial charge on any atom is 0.282 e. The van der Waals surface area contributed by atoms with Crippen LogP contribution in [-0.4, -0.2) is 28.1 Å². The second kappa shape index (κ2) is 6.51. The van der Waals surface area contributed by atoms with Crippen LogP contribution >= 0.6 is 45.2 Å². The highest BCUT2D eigenvalue weighted by Crippen LogP contribution is 2.38. The van der Waals surface area contributed by atoms with Crippen molar-refractivity contribution >= 4 is 74.0 Å². The van der Waals surface area contributed by atoms with Crippen LogP contribution in [-0.2, 0) is 12.8 Å². The lowest BCUT2D eigenvalue weighted by atomic mass is 9.92. The number of hydrogen-bond donors (Lipinski definition) is 1. The van der Waals surface area contributed by atoms with Crippen LogP contribution in [0.3, 0.4) is 0 Å². The number of phenols is 1. The smallest absolute Gasteiger partial charge is 0.282 e. The molecule has 7 heteroatoms. The molecule has 0 unspecified atom stereocenters. The number of phenolic OH excluding ortho intramolecular Hbond substituents is 1. The van der Waals surface area contributed by atoms with Crippen LogP contribution in [0.15, 0.2) is 41.5 Å². The van der Waals surface area contributed by atoms with E-state index in [0.29, 0.717) is 20.3 Å². The highest BCUT2D eigenvalue weighted by Gasteiger charge is 2.35. The van der Waals surface area contributed by atoms with Crippen molar-refractivity contribution in [3.63, 3.8) is 0 Å². The van der Waals surface area contributed by atoms with Crippen LogP contribution in [0.5, 0.6) is 5.75 Å². The van der Waals surface area contributed by atoms with Gasteiger partial charge in [-0.1, -0.05) is 12.1 Å². The number of amides is 2. The maximum atomic E-state index is 13.0. The number of nitrogens with zero attached hydrogens (tertiary/aromatic N) is 2. The van der Waals surface area contributed by atoms with Crippen LogP contribution in [0.25, 0.3) is 10.8 Å². The third-order valence-corrected chi connectivity index (χ3v) is 6.66. The molecule has 5 nitrogen and oxygen atoms in total. The van der Waals surface area contributed by atoms with Gasteiger partial charge in [0.15, 0.2) is 0 Å². The minimum Gasteiger partial charge on any atom is -0.506 e. The maximum absolute atomic E-state index is 13.0. The zero-order valence-corrected chi connectivity index (χ0v) is 18.7. The van der Waals surface area contributed by atoms with Crippen molar-refractivity contribution in [1.29, 1.82) is 0 Å². The van der Waals surface area contributed by atoms with Crippen molar-refractivity contribution in [2.75, 3.05) is 0 Å². The van der Waals surface area contributed by atoms with Crippen molar-refractivity contribution in [2.24, 2.45) is 5.10 Å². The van der Waals surface area contributed by atoms with E-state index in [1.165, 1.54) is 17.3 Å². The van der Waals surface area contributed by atoms with Gasteiger partial charge in [-0.05, 0) is 98.8 Å². The Morgan fingerprint density at radius 1 is 0.929 bits per heavy atom. The number of rotatable bonds is 2. The highest BCUT2D eigenvalue weighted by molar-refractivity contribution is 14.1. The number of aryl methyl sites for hydroxylation is 2. The molecule has 0 fully saturated rings. The van der Waals surface area contributed by atoms with Crippen LogP contribution in [0.1, 0.15) is 37.4 Å². The number of imide groups is 1. The SMILES string of the molecule is O=C1c2ccc3c4c(ccc(c24)C(=O)N1/N=C\c1cc(I)cc(I)c1O)CC3. The monoisotopic (exact) mass is 594 g/mol. The van der Waals surface area contributed by atoms with E-state index in [1.54, 1.807) is 18.2 Å². The lowest BCUT2D eigenvalue weighted by Crippen LogP contribution is -2.36. The molecule has 0 saturated carbocycles. The zero-order valence-electron chi connectivity index (χ0n) is 14.4. The molecule has 0 radical (unpaired) electrons. The number of hydrazone groups is 1. The largest absolute Gasteiger partial charge is 0.506 e. The van der Waals surface area contributed by atoms with E-state index in [-0.39, 0.29) is 5.75 Å².